The molecule has 1 aromatic heterocycles. The van der Waals surface area contributed by atoms with Crippen LogP contribution < -0.4 is 5.32 Å². The molecule has 4 heteroatoms. The Kier molecular flexibility index (Phi) is 6.95. The largest absolute Gasteiger partial charge is 0.309 e. The quantitative estimate of drug-likeness (QED) is 0.781. The lowest BCUT2D eigenvalue weighted by atomic mass is 10.1. The molecule has 1 unspecified atom stereocenters. The van der Waals surface area contributed by atoms with E-state index in [1.54, 1.807) is 0 Å². The van der Waals surface area contributed by atoms with Gasteiger partial charge in [0.15, 0.2) is 0 Å². The molecule has 1 atom stereocenters. The van der Waals surface area contributed by atoms with Crippen LogP contribution in [0.25, 0.3) is 0 Å². The highest BCUT2D eigenvalue weighted by Crippen LogP contribution is 2.07. The molecule has 0 aliphatic carbocycles. The van der Waals surface area contributed by atoms with Crippen LogP contribution in [-0.4, -0.2) is 40.8 Å². The molecule has 0 saturated carbocycles. The summed E-state index contributed by atoms with van der Waals surface area (Å²) in [6.07, 6.45) is 0.939. The maximum atomic E-state index is 4.27. The molecule has 1 N–H and O–H groups in total. The minimum Gasteiger partial charge on any atom is -0.309 e. The number of nitrogens with zero attached hydrogens (tertiary/aromatic N) is 3. The third kappa shape index (κ3) is 5.25. The molecule has 0 fully saturated rings. The molecule has 0 spiro atoms. The molecule has 0 bridgehead atoms. The van der Waals surface area contributed by atoms with E-state index in [2.05, 4.69) is 54.2 Å². The standard InChI is InChI=1S/C15H28N4/c1-6-15-14(9-12(4)17-18-15)10-16-13(5)11-19(7-2)8-3/h9,13,16H,6-8,10-11H2,1-5H3. The van der Waals surface area contributed by atoms with Crippen LogP contribution in [0.5, 0.6) is 0 Å². The molecular weight excluding hydrogens is 236 g/mol. The third-order valence-corrected chi connectivity index (χ3v) is 3.48. The van der Waals surface area contributed by atoms with Gasteiger partial charge >= 0.3 is 0 Å². The van der Waals surface area contributed by atoms with Crippen molar-refractivity contribution in [3.63, 3.8) is 0 Å². The van der Waals surface area contributed by atoms with Crippen LogP contribution in [0, 0.1) is 6.92 Å². The van der Waals surface area contributed by atoms with Crippen LogP contribution >= 0.6 is 0 Å². The van der Waals surface area contributed by atoms with Crippen molar-refractivity contribution < 1.29 is 0 Å². The molecule has 19 heavy (non-hydrogen) atoms. The van der Waals surface area contributed by atoms with Crippen LogP contribution in [0.4, 0.5) is 0 Å². The molecule has 0 aliphatic heterocycles. The lowest BCUT2D eigenvalue weighted by molar-refractivity contribution is 0.270. The summed E-state index contributed by atoms with van der Waals surface area (Å²) in [5.41, 5.74) is 3.37. The van der Waals surface area contributed by atoms with Crippen molar-refractivity contribution >= 4 is 0 Å². The number of likely N-dealkylation sites (N-methyl/N-ethyl adjacent to an activating group) is 1. The van der Waals surface area contributed by atoms with E-state index in [0.717, 1.165) is 44.0 Å². The summed E-state index contributed by atoms with van der Waals surface area (Å²) in [4.78, 5) is 2.44. The third-order valence-electron chi connectivity index (χ3n) is 3.48. The molecule has 0 saturated heterocycles. The summed E-state index contributed by atoms with van der Waals surface area (Å²) in [6.45, 7) is 15.0. The number of hydrogen-bond donors (Lipinski definition) is 1. The second-order valence-corrected chi connectivity index (χ2v) is 5.08. The van der Waals surface area contributed by atoms with Crippen LogP contribution in [0.1, 0.15) is 44.6 Å². The fraction of sp³-hybridized carbons (Fsp3) is 0.733. The van der Waals surface area contributed by atoms with Gasteiger partial charge in [0.2, 0.25) is 0 Å². The summed E-state index contributed by atoms with van der Waals surface area (Å²) in [6, 6.07) is 2.63. The molecule has 4 nitrogen and oxygen atoms in total. The van der Waals surface area contributed by atoms with Gasteiger partial charge in [0, 0.05) is 19.1 Å². The highest BCUT2D eigenvalue weighted by Gasteiger charge is 2.09. The van der Waals surface area contributed by atoms with Crippen LogP contribution in [0.15, 0.2) is 6.07 Å². The Morgan fingerprint density at radius 2 is 1.89 bits per heavy atom. The second-order valence-electron chi connectivity index (χ2n) is 5.08. The van der Waals surface area contributed by atoms with E-state index >= 15 is 0 Å². The van der Waals surface area contributed by atoms with Crippen molar-refractivity contribution in [2.24, 2.45) is 0 Å². The minimum atomic E-state index is 0.484. The van der Waals surface area contributed by atoms with Gasteiger partial charge in [-0.05, 0) is 45.0 Å². The Labute approximate surface area is 117 Å². The maximum absolute atomic E-state index is 4.27. The predicted molar refractivity (Wildman–Crippen MR) is 80.2 cm³/mol. The van der Waals surface area contributed by atoms with Crippen molar-refractivity contribution in [1.29, 1.82) is 0 Å². The van der Waals surface area contributed by atoms with Gasteiger partial charge in [0.25, 0.3) is 0 Å². The molecule has 0 aromatic carbocycles. The Morgan fingerprint density at radius 1 is 1.21 bits per heavy atom. The first-order valence-corrected chi connectivity index (χ1v) is 7.38. The maximum Gasteiger partial charge on any atom is 0.0673 e. The Balaban J connectivity index is 2.54. The summed E-state index contributed by atoms with van der Waals surface area (Å²) in [7, 11) is 0. The molecule has 108 valence electrons. The van der Waals surface area contributed by atoms with Gasteiger partial charge in [-0.3, -0.25) is 0 Å². The highest BCUT2D eigenvalue weighted by molar-refractivity contribution is 5.20. The first-order valence-electron chi connectivity index (χ1n) is 7.38. The van der Waals surface area contributed by atoms with E-state index in [0.29, 0.717) is 6.04 Å². The summed E-state index contributed by atoms with van der Waals surface area (Å²) >= 11 is 0. The predicted octanol–water partition coefficient (Wildman–Crippen LogP) is 2.17. The van der Waals surface area contributed by atoms with E-state index in [4.69, 9.17) is 0 Å². The van der Waals surface area contributed by atoms with E-state index in [9.17, 15) is 0 Å². The van der Waals surface area contributed by atoms with Crippen molar-refractivity contribution in [3.8, 4) is 0 Å². The lowest BCUT2D eigenvalue weighted by Gasteiger charge is -2.23. The number of aryl methyl sites for hydroxylation is 2. The SMILES string of the molecule is CCc1nnc(C)cc1CNC(C)CN(CC)CC. The summed E-state index contributed by atoms with van der Waals surface area (Å²) in [5, 5.41) is 12.0. The number of rotatable bonds is 8. The van der Waals surface area contributed by atoms with Crippen molar-refractivity contribution in [2.45, 2.75) is 53.6 Å². The first-order chi connectivity index (χ1) is 9.10. The van der Waals surface area contributed by atoms with Gasteiger partial charge < -0.3 is 10.2 Å². The normalized spacial score (nSPS) is 12.9. The fourth-order valence-electron chi connectivity index (χ4n) is 2.24. The Hall–Kier alpha value is -1.00. The van der Waals surface area contributed by atoms with Crippen LogP contribution in [-0.2, 0) is 13.0 Å². The van der Waals surface area contributed by atoms with E-state index in [-0.39, 0.29) is 0 Å². The fourth-order valence-corrected chi connectivity index (χ4v) is 2.24. The molecule has 1 heterocycles. The number of hydrogen-bond acceptors (Lipinski definition) is 4. The topological polar surface area (TPSA) is 41.1 Å². The van der Waals surface area contributed by atoms with E-state index < -0.39 is 0 Å². The zero-order chi connectivity index (χ0) is 14.3. The zero-order valence-electron chi connectivity index (χ0n) is 13.0. The van der Waals surface area contributed by atoms with Crippen molar-refractivity contribution in [2.75, 3.05) is 19.6 Å². The smallest absolute Gasteiger partial charge is 0.0673 e. The van der Waals surface area contributed by atoms with Gasteiger partial charge in [-0.1, -0.05) is 20.8 Å². The molecule has 0 radical (unpaired) electrons. The zero-order valence-corrected chi connectivity index (χ0v) is 13.0. The number of aromatic nitrogens is 2. The monoisotopic (exact) mass is 264 g/mol. The van der Waals surface area contributed by atoms with E-state index in [1.165, 1.54) is 5.56 Å². The molecular formula is C15H28N4. The molecule has 0 aliphatic rings. The highest BCUT2D eigenvalue weighted by atomic mass is 15.1. The van der Waals surface area contributed by atoms with E-state index in [1.807, 2.05) is 6.92 Å². The van der Waals surface area contributed by atoms with Crippen LogP contribution in [0.3, 0.4) is 0 Å². The van der Waals surface area contributed by atoms with Gasteiger partial charge in [0.1, 0.15) is 0 Å². The number of nitrogens with one attached hydrogen (secondary N) is 1. The Bertz CT molecular complexity index is 374. The van der Waals surface area contributed by atoms with Gasteiger partial charge in [-0.15, -0.1) is 0 Å². The molecule has 1 aromatic rings. The molecule has 0 amide bonds. The van der Waals surface area contributed by atoms with Crippen molar-refractivity contribution in [3.05, 3.63) is 23.0 Å². The average Bonchev–Trinajstić information content (AvgIpc) is 2.42. The minimum absolute atomic E-state index is 0.484. The van der Waals surface area contributed by atoms with Gasteiger partial charge in [-0.2, -0.15) is 10.2 Å². The molecule has 1 rings (SSSR count). The average molecular weight is 264 g/mol. The summed E-state index contributed by atoms with van der Waals surface area (Å²) in [5.74, 6) is 0. The first kappa shape index (κ1) is 16.1. The summed E-state index contributed by atoms with van der Waals surface area (Å²) < 4.78 is 0. The van der Waals surface area contributed by atoms with Gasteiger partial charge in [-0.25, -0.2) is 0 Å². The second kappa shape index (κ2) is 8.23. The van der Waals surface area contributed by atoms with Gasteiger partial charge in [0.05, 0.1) is 11.4 Å². The Morgan fingerprint density at radius 3 is 2.47 bits per heavy atom. The van der Waals surface area contributed by atoms with Crippen LogP contribution in [0.2, 0.25) is 0 Å². The van der Waals surface area contributed by atoms with Crippen molar-refractivity contribution in [1.82, 2.24) is 20.4 Å². The lowest BCUT2D eigenvalue weighted by Crippen LogP contribution is -2.38.